The Hall–Kier alpha value is -2.45. The number of sulfonamides is 1. The molecule has 0 atom stereocenters. The molecule has 3 N–H and O–H groups in total. The van der Waals surface area contributed by atoms with Gasteiger partial charge in [0.25, 0.3) is 5.91 Å². The molecule has 0 unspecified atom stereocenters. The van der Waals surface area contributed by atoms with Crippen LogP contribution in [-0.4, -0.2) is 20.5 Å². The molecule has 1 aromatic heterocycles. The van der Waals surface area contributed by atoms with E-state index in [-0.39, 0.29) is 10.5 Å². The van der Waals surface area contributed by atoms with Gasteiger partial charge in [-0.3, -0.25) is 4.79 Å². The first-order valence-corrected chi connectivity index (χ1v) is 7.00. The molecule has 0 saturated heterocycles. The van der Waals surface area contributed by atoms with Crippen molar-refractivity contribution in [3.05, 3.63) is 54.0 Å². The van der Waals surface area contributed by atoms with E-state index < -0.39 is 15.9 Å². The van der Waals surface area contributed by atoms with Crippen LogP contribution in [0.15, 0.2) is 57.3 Å². The van der Waals surface area contributed by atoms with Gasteiger partial charge in [-0.25, -0.2) is 19.0 Å². The Labute approximate surface area is 115 Å². The summed E-state index contributed by atoms with van der Waals surface area (Å²) in [4.78, 5) is 11.6. The number of carbonyl (C=O) groups excluding carboxylic acids is 1. The van der Waals surface area contributed by atoms with E-state index in [1.165, 1.54) is 43.0 Å². The number of nitrogens with one attached hydrogen (secondary N) is 1. The van der Waals surface area contributed by atoms with E-state index in [1.54, 1.807) is 6.07 Å². The van der Waals surface area contributed by atoms with Crippen LogP contribution >= 0.6 is 0 Å². The number of hydrazone groups is 1. The molecule has 1 aromatic carbocycles. The second-order valence-electron chi connectivity index (χ2n) is 3.83. The van der Waals surface area contributed by atoms with E-state index in [9.17, 15) is 13.2 Å². The van der Waals surface area contributed by atoms with Crippen LogP contribution < -0.4 is 10.6 Å². The largest absolute Gasteiger partial charge is 0.472 e. The highest BCUT2D eigenvalue weighted by Crippen LogP contribution is 2.08. The Morgan fingerprint density at radius 2 is 1.95 bits per heavy atom. The third kappa shape index (κ3) is 3.53. The number of hydrogen-bond acceptors (Lipinski definition) is 5. The van der Waals surface area contributed by atoms with E-state index in [0.29, 0.717) is 5.56 Å². The van der Waals surface area contributed by atoms with E-state index >= 15 is 0 Å². The van der Waals surface area contributed by atoms with Crippen molar-refractivity contribution in [3.63, 3.8) is 0 Å². The summed E-state index contributed by atoms with van der Waals surface area (Å²) in [5, 5.41) is 8.69. The van der Waals surface area contributed by atoms with Gasteiger partial charge in [-0.05, 0) is 30.3 Å². The number of hydrogen-bond donors (Lipinski definition) is 2. The van der Waals surface area contributed by atoms with Gasteiger partial charge in [-0.15, -0.1) is 0 Å². The van der Waals surface area contributed by atoms with Crippen LogP contribution in [0.4, 0.5) is 0 Å². The summed E-state index contributed by atoms with van der Waals surface area (Å²) in [7, 11) is -3.76. The Balaban J connectivity index is 2.03. The Morgan fingerprint density at radius 1 is 1.25 bits per heavy atom. The van der Waals surface area contributed by atoms with Crippen LogP contribution in [0.5, 0.6) is 0 Å². The quantitative estimate of drug-likeness (QED) is 0.637. The lowest BCUT2D eigenvalue weighted by atomic mass is 10.2. The van der Waals surface area contributed by atoms with Gasteiger partial charge >= 0.3 is 0 Å². The molecule has 0 radical (unpaired) electrons. The summed E-state index contributed by atoms with van der Waals surface area (Å²) >= 11 is 0. The number of amides is 1. The van der Waals surface area contributed by atoms with Crippen molar-refractivity contribution < 1.29 is 17.6 Å². The van der Waals surface area contributed by atoms with E-state index in [4.69, 9.17) is 9.56 Å². The minimum Gasteiger partial charge on any atom is -0.472 e. The number of nitrogens with two attached hydrogens (primary N) is 1. The maximum Gasteiger partial charge on any atom is 0.271 e. The Morgan fingerprint density at radius 3 is 2.50 bits per heavy atom. The highest BCUT2D eigenvalue weighted by atomic mass is 32.2. The predicted molar refractivity (Wildman–Crippen MR) is 71.6 cm³/mol. The molecule has 104 valence electrons. The maximum absolute atomic E-state index is 11.7. The molecule has 1 heterocycles. The molecule has 7 nitrogen and oxygen atoms in total. The van der Waals surface area contributed by atoms with Gasteiger partial charge in [0.15, 0.2) is 0 Å². The molecule has 0 aliphatic rings. The zero-order valence-corrected chi connectivity index (χ0v) is 11.0. The summed E-state index contributed by atoms with van der Waals surface area (Å²) in [6, 6.07) is 6.88. The maximum atomic E-state index is 11.7. The fraction of sp³-hybridized carbons (Fsp3) is 0. The minimum absolute atomic E-state index is 0.0593. The van der Waals surface area contributed by atoms with E-state index in [1.807, 2.05) is 0 Å². The van der Waals surface area contributed by atoms with Crippen molar-refractivity contribution in [2.45, 2.75) is 4.90 Å². The molecule has 1 amide bonds. The van der Waals surface area contributed by atoms with Crippen LogP contribution in [-0.2, 0) is 10.0 Å². The highest BCUT2D eigenvalue weighted by molar-refractivity contribution is 7.89. The van der Waals surface area contributed by atoms with Gasteiger partial charge in [0, 0.05) is 11.1 Å². The Bertz CT molecular complexity index is 719. The fourth-order valence-corrected chi connectivity index (χ4v) is 1.89. The van der Waals surface area contributed by atoms with Gasteiger partial charge < -0.3 is 4.42 Å². The molecule has 0 bridgehead atoms. The van der Waals surface area contributed by atoms with E-state index in [2.05, 4.69) is 10.5 Å². The van der Waals surface area contributed by atoms with Gasteiger partial charge in [-0.1, -0.05) is 0 Å². The summed E-state index contributed by atoms with van der Waals surface area (Å²) in [6.07, 6.45) is 4.37. The van der Waals surface area contributed by atoms with Crippen molar-refractivity contribution in [2.24, 2.45) is 10.2 Å². The first-order valence-electron chi connectivity index (χ1n) is 5.45. The monoisotopic (exact) mass is 293 g/mol. The van der Waals surface area contributed by atoms with E-state index in [0.717, 1.165) is 0 Å². The topological polar surface area (TPSA) is 115 Å². The standard InChI is InChI=1S/C12H11N3O4S/c13-20(17,18)11-3-1-10(2-4-11)12(16)15-14-7-9-5-6-19-8-9/h1-8H,(H,15,16)(H2,13,17,18). The molecule has 8 heteroatoms. The third-order valence-corrected chi connectivity index (χ3v) is 3.30. The lowest BCUT2D eigenvalue weighted by molar-refractivity contribution is 0.0955. The smallest absolute Gasteiger partial charge is 0.271 e. The van der Waals surface area contributed by atoms with Crippen LogP contribution in [0.1, 0.15) is 15.9 Å². The van der Waals surface area contributed by atoms with Crippen LogP contribution in [0, 0.1) is 0 Å². The number of nitrogens with zero attached hydrogens (tertiary/aromatic N) is 1. The molecule has 0 aliphatic carbocycles. The zero-order valence-electron chi connectivity index (χ0n) is 10.2. The van der Waals surface area contributed by atoms with Crippen molar-refractivity contribution >= 4 is 22.1 Å². The number of benzene rings is 1. The lowest BCUT2D eigenvalue weighted by Crippen LogP contribution is -2.18. The average Bonchev–Trinajstić information content (AvgIpc) is 2.91. The Kier molecular flexibility index (Phi) is 3.97. The predicted octanol–water partition coefficient (Wildman–Crippen LogP) is 0.691. The SMILES string of the molecule is NS(=O)(=O)c1ccc(C(=O)NN=Cc2ccoc2)cc1. The summed E-state index contributed by atoms with van der Waals surface area (Å²) in [6.45, 7) is 0. The van der Waals surface area contributed by atoms with Crippen LogP contribution in [0.25, 0.3) is 0 Å². The van der Waals surface area contributed by atoms with Crippen LogP contribution in [0.2, 0.25) is 0 Å². The molecule has 20 heavy (non-hydrogen) atoms. The minimum atomic E-state index is -3.76. The molecule has 2 aromatic rings. The van der Waals surface area contributed by atoms with Crippen molar-refractivity contribution in [2.75, 3.05) is 0 Å². The molecule has 0 spiro atoms. The normalized spacial score (nSPS) is 11.7. The second-order valence-corrected chi connectivity index (χ2v) is 5.39. The van der Waals surface area contributed by atoms with Gasteiger partial charge in [0.2, 0.25) is 10.0 Å². The lowest BCUT2D eigenvalue weighted by Gasteiger charge is -2.01. The molecular formula is C12H11N3O4S. The highest BCUT2D eigenvalue weighted by Gasteiger charge is 2.09. The fourth-order valence-electron chi connectivity index (χ4n) is 1.37. The number of primary sulfonamides is 1. The molecule has 0 aliphatic heterocycles. The third-order valence-electron chi connectivity index (χ3n) is 2.37. The first kappa shape index (κ1) is 14.0. The van der Waals surface area contributed by atoms with Crippen molar-refractivity contribution in [3.8, 4) is 0 Å². The second kappa shape index (κ2) is 5.68. The molecule has 2 rings (SSSR count). The summed E-state index contributed by atoms with van der Waals surface area (Å²) in [5.74, 6) is -0.467. The summed E-state index contributed by atoms with van der Waals surface area (Å²) < 4.78 is 27.0. The van der Waals surface area contributed by atoms with Gasteiger partial charge in [-0.2, -0.15) is 5.10 Å². The van der Waals surface area contributed by atoms with Crippen molar-refractivity contribution in [1.82, 2.24) is 5.43 Å². The molecule has 0 saturated carbocycles. The first-order chi connectivity index (χ1) is 9.47. The number of rotatable bonds is 4. The number of furan rings is 1. The van der Waals surface area contributed by atoms with Crippen molar-refractivity contribution in [1.29, 1.82) is 0 Å². The van der Waals surface area contributed by atoms with Gasteiger partial charge in [0.1, 0.15) is 0 Å². The molecular weight excluding hydrogens is 282 g/mol. The van der Waals surface area contributed by atoms with Gasteiger partial charge in [0.05, 0.1) is 23.6 Å². The zero-order chi connectivity index (χ0) is 14.6. The number of carbonyl (C=O) groups is 1. The average molecular weight is 293 g/mol. The summed E-state index contributed by atoms with van der Waals surface area (Å²) in [5.41, 5.74) is 3.27. The van der Waals surface area contributed by atoms with Crippen LogP contribution in [0.3, 0.4) is 0 Å². The molecule has 0 fully saturated rings.